The Labute approximate surface area is 165 Å². The molecule has 27 heavy (non-hydrogen) atoms. The summed E-state index contributed by atoms with van der Waals surface area (Å²) < 4.78 is 18.0. The van der Waals surface area contributed by atoms with Crippen LogP contribution < -0.4 is 0 Å². The largest absolute Gasteiger partial charge is 0.469 e. The van der Waals surface area contributed by atoms with Gasteiger partial charge < -0.3 is 19.3 Å². The van der Waals surface area contributed by atoms with E-state index in [0.29, 0.717) is 30.1 Å². The number of esters is 1. The maximum absolute atomic E-state index is 11.5. The molecule has 2 heterocycles. The highest BCUT2D eigenvalue weighted by atomic mass is 16.7. The van der Waals surface area contributed by atoms with Gasteiger partial charge in [-0.3, -0.25) is 4.79 Å². The quantitative estimate of drug-likeness (QED) is 0.632. The molecule has 2 fully saturated rings. The Morgan fingerprint density at radius 3 is 2.44 bits per heavy atom. The summed E-state index contributed by atoms with van der Waals surface area (Å²) in [4.78, 5) is 11.5. The van der Waals surface area contributed by atoms with E-state index in [9.17, 15) is 9.90 Å². The summed E-state index contributed by atoms with van der Waals surface area (Å²) in [6, 6.07) is 0. The summed E-state index contributed by atoms with van der Waals surface area (Å²) >= 11 is 0. The van der Waals surface area contributed by atoms with Gasteiger partial charge in [0.15, 0.2) is 5.79 Å². The van der Waals surface area contributed by atoms with E-state index < -0.39 is 5.79 Å². The highest BCUT2D eigenvalue weighted by molar-refractivity contribution is 5.69. The van der Waals surface area contributed by atoms with Crippen molar-refractivity contribution in [1.29, 1.82) is 0 Å². The average molecular weight is 385 g/mol. The number of carbonyl (C=O) groups is 1. The second kappa shape index (κ2) is 10.2. The van der Waals surface area contributed by atoms with E-state index >= 15 is 0 Å². The fraction of sp³-hybridized carbons (Fsp3) is 0.955. The number of ether oxygens (including phenoxy) is 3. The number of carbonyl (C=O) groups excluding carboxylic acids is 1. The molecule has 0 bridgehead atoms. The molecule has 5 nitrogen and oxygen atoms in total. The maximum atomic E-state index is 11.5. The molecule has 0 saturated carbocycles. The molecule has 5 heteroatoms. The van der Waals surface area contributed by atoms with Gasteiger partial charge in [-0.05, 0) is 55.8 Å². The van der Waals surface area contributed by atoms with Crippen molar-refractivity contribution in [3.63, 3.8) is 0 Å². The van der Waals surface area contributed by atoms with Crippen LogP contribution in [0.1, 0.15) is 79.1 Å². The molecule has 2 aliphatic rings. The Morgan fingerprint density at radius 2 is 1.81 bits per heavy atom. The molecule has 0 radical (unpaired) electrons. The lowest BCUT2D eigenvalue weighted by Gasteiger charge is -2.51. The summed E-state index contributed by atoms with van der Waals surface area (Å²) in [5.74, 6) is 1.000. The van der Waals surface area contributed by atoms with Gasteiger partial charge in [0, 0.05) is 25.9 Å². The van der Waals surface area contributed by atoms with Crippen molar-refractivity contribution in [3.8, 4) is 0 Å². The molecule has 0 amide bonds. The van der Waals surface area contributed by atoms with Gasteiger partial charge in [0.1, 0.15) is 0 Å². The van der Waals surface area contributed by atoms with Crippen molar-refractivity contribution in [3.05, 3.63) is 0 Å². The Balaban J connectivity index is 1.98. The molecular formula is C22H40O5. The highest BCUT2D eigenvalue weighted by Gasteiger charge is 2.47. The molecule has 0 aromatic heterocycles. The third-order valence-electron chi connectivity index (χ3n) is 6.72. The summed E-state index contributed by atoms with van der Waals surface area (Å²) in [6.07, 6.45) is 7.63. The van der Waals surface area contributed by atoms with Crippen LogP contribution in [0.3, 0.4) is 0 Å². The van der Waals surface area contributed by atoms with Crippen molar-refractivity contribution in [2.24, 2.45) is 23.7 Å². The van der Waals surface area contributed by atoms with Crippen LogP contribution in [0.5, 0.6) is 0 Å². The number of hydrogen-bond donors (Lipinski definition) is 1. The predicted molar refractivity (Wildman–Crippen MR) is 105 cm³/mol. The first kappa shape index (κ1) is 22.6. The van der Waals surface area contributed by atoms with E-state index in [1.54, 1.807) is 0 Å². The topological polar surface area (TPSA) is 65.0 Å². The smallest absolute Gasteiger partial charge is 0.305 e. The Kier molecular flexibility index (Phi) is 8.57. The first-order valence-corrected chi connectivity index (χ1v) is 10.8. The van der Waals surface area contributed by atoms with Gasteiger partial charge >= 0.3 is 5.97 Å². The number of methoxy groups -OCH3 is 1. The normalized spacial score (nSPS) is 36.4. The number of aliphatic hydroxyl groups excluding tert-OH is 1. The van der Waals surface area contributed by atoms with Crippen molar-refractivity contribution in [2.75, 3.05) is 13.7 Å². The summed E-state index contributed by atoms with van der Waals surface area (Å²) in [5.41, 5.74) is 0. The molecule has 7 atom stereocenters. The predicted octanol–water partition coefficient (Wildman–Crippen LogP) is 4.31. The monoisotopic (exact) mass is 384 g/mol. The molecule has 0 unspecified atom stereocenters. The minimum atomic E-state index is -0.462. The SMILES string of the molecule is COC(=O)CC[C@@H](C)[C@@H]1O[C@]2(CC[C@@H](C)[C@H](CC[C@H](C)CO)O2)CC[C@@H]1C. The molecule has 2 aliphatic heterocycles. The highest BCUT2D eigenvalue weighted by Crippen LogP contribution is 2.45. The maximum Gasteiger partial charge on any atom is 0.305 e. The lowest BCUT2D eigenvalue weighted by molar-refractivity contribution is -0.338. The van der Waals surface area contributed by atoms with Crippen LogP contribution in [-0.4, -0.2) is 42.8 Å². The zero-order valence-corrected chi connectivity index (χ0v) is 17.9. The second-order valence-corrected chi connectivity index (χ2v) is 9.14. The lowest BCUT2D eigenvalue weighted by Crippen LogP contribution is -2.53. The second-order valence-electron chi connectivity index (χ2n) is 9.14. The van der Waals surface area contributed by atoms with Gasteiger partial charge in [0.05, 0.1) is 19.3 Å². The van der Waals surface area contributed by atoms with Gasteiger partial charge in [0.2, 0.25) is 0 Å². The lowest BCUT2D eigenvalue weighted by atomic mass is 9.80. The molecule has 1 spiro atoms. The summed E-state index contributed by atoms with van der Waals surface area (Å²) in [7, 11) is 1.44. The van der Waals surface area contributed by atoms with E-state index in [-0.39, 0.29) is 24.8 Å². The van der Waals surface area contributed by atoms with E-state index in [4.69, 9.17) is 14.2 Å². The number of hydrogen-bond acceptors (Lipinski definition) is 5. The van der Waals surface area contributed by atoms with Crippen LogP contribution in [0, 0.1) is 23.7 Å². The third-order valence-corrected chi connectivity index (χ3v) is 6.72. The first-order valence-electron chi connectivity index (χ1n) is 10.8. The Hall–Kier alpha value is -0.650. The average Bonchev–Trinajstić information content (AvgIpc) is 2.68. The van der Waals surface area contributed by atoms with Crippen LogP contribution >= 0.6 is 0 Å². The number of rotatable bonds is 8. The van der Waals surface area contributed by atoms with E-state index in [0.717, 1.165) is 44.9 Å². The minimum absolute atomic E-state index is 0.119. The molecule has 0 aromatic rings. The van der Waals surface area contributed by atoms with Crippen molar-refractivity contribution in [2.45, 2.75) is 97.1 Å². The summed E-state index contributed by atoms with van der Waals surface area (Å²) in [6.45, 7) is 9.01. The van der Waals surface area contributed by atoms with Gasteiger partial charge in [-0.2, -0.15) is 0 Å². The molecule has 0 aromatic carbocycles. The fourth-order valence-corrected chi connectivity index (χ4v) is 4.56. The van der Waals surface area contributed by atoms with Crippen molar-refractivity contribution >= 4 is 5.97 Å². The number of aliphatic hydroxyl groups is 1. The Morgan fingerprint density at radius 1 is 1.15 bits per heavy atom. The minimum Gasteiger partial charge on any atom is -0.469 e. The van der Waals surface area contributed by atoms with Crippen molar-refractivity contribution in [1.82, 2.24) is 0 Å². The molecule has 158 valence electrons. The van der Waals surface area contributed by atoms with Crippen LogP contribution in [0.25, 0.3) is 0 Å². The van der Waals surface area contributed by atoms with Crippen LogP contribution in [0.2, 0.25) is 0 Å². The van der Waals surface area contributed by atoms with Crippen LogP contribution in [0.15, 0.2) is 0 Å². The zero-order valence-electron chi connectivity index (χ0n) is 17.9. The van der Waals surface area contributed by atoms with Gasteiger partial charge in [-0.15, -0.1) is 0 Å². The van der Waals surface area contributed by atoms with Gasteiger partial charge in [-0.25, -0.2) is 0 Å². The van der Waals surface area contributed by atoms with Gasteiger partial charge in [-0.1, -0.05) is 27.7 Å². The molecular weight excluding hydrogens is 344 g/mol. The van der Waals surface area contributed by atoms with Gasteiger partial charge in [0.25, 0.3) is 0 Å². The van der Waals surface area contributed by atoms with E-state index in [1.807, 2.05) is 0 Å². The van der Waals surface area contributed by atoms with Crippen LogP contribution in [0.4, 0.5) is 0 Å². The third kappa shape index (κ3) is 6.16. The molecule has 2 saturated heterocycles. The summed E-state index contributed by atoms with van der Waals surface area (Å²) in [5, 5.41) is 9.31. The van der Waals surface area contributed by atoms with Crippen molar-refractivity contribution < 1.29 is 24.1 Å². The molecule has 0 aliphatic carbocycles. The van der Waals surface area contributed by atoms with Crippen LogP contribution in [-0.2, 0) is 19.0 Å². The zero-order chi connectivity index (χ0) is 20.0. The fourth-order valence-electron chi connectivity index (χ4n) is 4.56. The Bertz CT molecular complexity index is 464. The standard InChI is InChI=1S/C22H40O5/c1-15(14-23)6-8-19-16(2)10-12-22(26-19)13-11-18(4)21(27-22)17(3)7-9-20(24)25-5/h15-19,21,23H,6-14H2,1-5H3/t15-,16+,17+,18-,19-,21-,22+/m0/s1. The van der Waals surface area contributed by atoms with E-state index in [1.165, 1.54) is 7.11 Å². The molecule has 2 rings (SSSR count). The first-order chi connectivity index (χ1) is 12.8. The van der Waals surface area contributed by atoms with E-state index in [2.05, 4.69) is 27.7 Å². The molecule has 1 N–H and O–H groups in total.